The molecule has 8 aromatic rings. The number of nitrogens with two attached hydrogens (primary N) is 2. The predicted octanol–water partition coefficient (Wildman–Crippen LogP) is 9.17. The van der Waals surface area contributed by atoms with E-state index in [9.17, 15) is 9.13 Å². The summed E-state index contributed by atoms with van der Waals surface area (Å²) in [5.41, 5.74) is 15.1. The number of para-hydroxylation sites is 2. The molecular weight excluding hydrogens is 878 g/mol. The van der Waals surface area contributed by atoms with Crippen molar-refractivity contribution in [2.75, 3.05) is 36.9 Å². The Morgan fingerprint density at radius 2 is 1.17 bits per heavy atom. The van der Waals surface area contributed by atoms with Gasteiger partial charge in [-0.05, 0) is 72.1 Å². The lowest BCUT2D eigenvalue weighted by Crippen LogP contribution is -2.19. The van der Waals surface area contributed by atoms with Gasteiger partial charge in [0.1, 0.15) is 47.9 Å². The summed E-state index contributed by atoms with van der Waals surface area (Å²) in [6.45, 7) is 2.17. The average molecular weight is 927 g/mol. The summed E-state index contributed by atoms with van der Waals surface area (Å²) in [5.74, 6) is 1.64. The molecule has 0 aliphatic carbocycles. The van der Waals surface area contributed by atoms with E-state index in [1.165, 1.54) is 23.4 Å². The molecule has 0 aliphatic rings. The van der Waals surface area contributed by atoms with Crippen molar-refractivity contribution in [3.05, 3.63) is 134 Å². The van der Waals surface area contributed by atoms with Crippen LogP contribution in [0.4, 0.5) is 11.6 Å². The molecule has 4 heterocycles. The fourth-order valence-corrected chi connectivity index (χ4v) is 9.87. The van der Waals surface area contributed by atoms with Crippen LogP contribution in [0.1, 0.15) is 25.8 Å². The van der Waals surface area contributed by atoms with Crippen molar-refractivity contribution in [2.24, 2.45) is 0 Å². The Kier molecular flexibility index (Phi) is 15.6. The van der Waals surface area contributed by atoms with E-state index >= 15 is 0 Å². The lowest BCUT2D eigenvalue weighted by atomic mass is 10.1. The van der Waals surface area contributed by atoms with Crippen LogP contribution in [0.3, 0.4) is 0 Å². The number of fused-ring (bicyclic) bond motifs is 3. The van der Waals surface area contributed by atoms with Gasteiger partial charge in [-0.25, -0.2) is 29.9 Å². The maximum atomic E-state index is 13.9. The minimum Gasteiger partial charge on any atom is -0.441 e. The molecule has 0 amide bonds. The molecule has 2 unspecified atom stereocenters. The molecule has 20 heteroatoms. The first-order valence-electron chi connectivity index (χ1n) is 20.4. The third kappa shape index (κ3) is 12.6. The molecular formula is C44H49ClN10O7P2. The number of halogens is 1. The standard InChI is InChI=1S/C29H32N5O4P.C15H17ClN5O3P/c1-22(17-34-20-33-27-28(30)31-19-32-29(27)34)37-21-39(35,38-25-12-3-2-4-13-25)16-8-15-36-18-24-11-7-10-23-9-5-6-14-26(23)24;1-11(7-21-9-20-13-14(17)18-8-19-15(13)21)23-10-25(16,22)24-12-5-3-2-4-6-12/h2-7,9-14,19-20,22H,8,15-18,21H2,1H3,(H2,30,31,32);2-6,8-9,11H,7,10H2,1H3,(H2,17,18,19)/t22-,39?;11-,25?/m11/s1. The number of benzene rings is 4. The van der Waals surface area contributed by atoms with E-state index in [2.05, 4.69) is 54.2 Å². The monoisotopic (exact) mass is 926 g/mol. The zero-order valence-electron chi connectivity index (χ0n) is 35.3. The number of hydrogen-bond donors (Lipinski definition) is 2. The predicted molar refractivity (Wildman–Crippen MR) is 249 cm³/mol. The van der Waals surface area contributed by atoms with Gasteiger partial charge in [0.2, 0.25) is 0 Å². The van der Waals surface area contributed by atoms with Crippen LogP contribution in [0.2, 0.25) is 0 Å². The average Bonchev–Trinajstić information content (AvgIpc) is 3.91. The third-order valence-corrected chi connectivity index (χ3v) is 13.3. The van der Waals surface area contributed by atoms with Crippen molar-refractivity contribution in [3.8, 4) is 11.5 Å². The minimum atomic E-state index is -3.43. The van der Waals surface area contributed by atoms with Crippen molar-refractivity contribution >= 4 is 70.1 Å². The Morgan fingerprint density at radius 3 is 1.78 bits per heavy atom. The summed E-state index contributed by atoms with van der Waals surface area (Å²) in [6.07, 6.45) is 6.17. The summed E-state index contributed by atoms with van der Waals surface area (Å²) < 4.78 is 58.8. The summed E-state index contributed by atoms with van der Waals surface area (Å²) in [7, 11) is -3.17. The van der Waals surface area contributed by atoms with Gasteiger partial charge < -0.3 is 43.9 Å². The van der Waals surface area contributed by atoms with Crippen molar-refractivity contribution in [2.45, 2.75) is 52.2 Å². The van der Waals surface area contributed by atoms with Crippen LogP contribution >= 0.6 is 25.3 Å². The van der Waals surface area contributed by atoms with Gasteiger partial charge in [0.05, 0.1) is 44.6 Å². The van der Waals surface area contributed by atoms with Crippen molar-refractivity contribution < 1.29 is 32.4 Å². The number of ether oxygens (including phenoxy) is 3. The normalized spacial score (nSPS) is 14.3. The number of imidazole rings is 2. The van der Waals surface area contributed by atoms with Crippen molar-refractivity contribution in [3.63, 3.8) is 0 Å². The van der Waals surface area contributed by atoms with Gasteiger partial charge in [0.25, 0.3) is 7.37 Å². The number of rotatable bonds is 20. The second kappa shape index (κ2) is 21.6. The molecule has 0 bridgehead atoms. The van der Waals surface area contributed by atoms with Crippen LogP contribution in [0.5, 0.6) is 11.5 Å². The first kappa shape index (κ1) is 46.1. The third-order valence-electron chi connectivity index (χ3n) is 9.76. The summed E-state index contributed by atoms with van der Waals surface area (Å²) >= 11 is 5.96. The van der Waals surface area contributed by atoms with Crippen LogP contribution in [0.15, 0.2) is 128 Å². The Bertz CT molecular complexity index is 2850. The largest absolute Gasteiger partial charge is 0.441 e. The Balaban J connectivity index is 0.000000211. The molecule has 4 N–H and O–H groups in total. The molecule has 0 radical (unpaired) electrons. The van der Waals surface area contributed by atoms with Crippen LogP contribution in [-0.2, 0) is 43.0 Å². The zero-order chi connectivity index (χ0) is 44.9. The van der Waals surface area contributed by atoms with E-state index < -0.39 is 14.1 Å². The molecule has 64 heavy (non-hydrogen) atoms. The summed E-state index contributed by atoms with van der Waals surface area (Å²) in [5, 5.41) is 2.37. The van der Waals surface area contributed by atoms with Gasteiger partial charge >= 0.3 is 6.72 Å². The highest BCUT2D eigenvalue weighted by molar-refractivity contribution is 7.85. The highest BCUT2D eigenvalue weighted by Crippen LogP contribution is 2.52. The van der Waals surface area contributed by atoms with Crippen LogP contribution < -0.4 is 20.5 Å². The topological polar surface area (TPSA) is 220 Å². The van der Waals surface area contributed by atoms with E-state index in [1.54, 1.807) is 53.6 Å². The van der Waals surface area contributed by atoms with Crippen LogP contribution in [-0.4, -0.2) is 76.7 Å². The lowest BCUT2D eigenvalue weighted by molar-refractivity contribution is 0.0825. The molecule has 4 aromatic carbocycles. The molecule has 0 saturated heterocycles. The first-order chi connectivity index (χ1) is 31.0. The van der Waals surface area contributed by atoms with Gasteiger partial charge in [0.15, 0.2) is 22.9 Å². The second-order valence-electron chi connectivity index (χ2n) is 14.9. The summed E-state index contributed by atoms with van der Waals surface area (Å²) in [4.78, 5) is 24.8. The smallest absolute Gasteiger partial charge is 0.361 e. The van der Waals surface area contributed by atoms with Gasteiger partial charge in [-0.15, -0.1) is 0 Å². The Labute approximate surface area is 374 Å². The molecule has 0 spiro atoms. The maximum Gasteiger partial charge on any atom is 0.361 e. The highest BCUT2D eigenvalue weighted by Gasteiger charge is 2.27. The molecule has 4 aromatic heterocycles. The van der Waals surface area contributed by atoms with Crippen LogP contribution in [0.25, 0.3) is 33.1 Å². The highest BCUT2D eigenvalue weighted by atomic mass is 35.7. The van der Waals surface area contributed by atoms with Gasteiger partial charge in [-0.2, -0.15) is 0 Å². The maximum absolute atomic E-state index is 13.9. The van der Waals surface area contributed by atoms with Crippen LogP contribution in [0, 0.1) is 0 Å². The van der Waals surface area contributed by atoms with E-state index in [-0.39, 0.29) is 24.9 Å². The second-order valence-corrected chi connectivity index (χ2v) is 20.5. The molecule has 8 rings (SSSR count). The van der Waals surface area contributed by atoms with E-state index in [1.807, 2.05) is 60.9 Å². The SMILES string of the molecule is C[C@H](Cn1cnc2c(N)ncnc21)OCP(=O)(CCCOCc1cccc2ccccc12)Oc1ccccc1.C[C@H](Cn1cnc2c(N)ncnc21)OCP(=O)(Cl)Oc1ccccc1. The lowest BCUT2D eigenvalue weighted by Gasteiger charge is -2.22. The number of nitrogens with zero attached hydrogens (tertiary/aromatic N) is 8. The number of aromatic nitrogens is 8. The molecule has 4 atom stereocenters. The molecule has 334 valence electrons. The van der Waals surface area contributed by atoms with Gasteiger partial charge in [-0.1, -0.05) is 78.9 Å². The van der Waals surface area contributed by atoms with Gasteiger partial charge in [0, 0.05) is 12.8 Å². The fourth-order valence-electron chi connectivity index (χ4n) is 6.66. The minimum absolute atomic E-state index is 0.0177. The number of anilines is 2. The quantitative estimate of drug-likeness (QED) is 0.0537. The molecule has 0 aliphatic heterocycles. The van der Waals surface area contributed by atoms with E-state index in [4.69, 9.17) is 46.0 Å². The van der Waals surface area contributed by atoms with Gasteiger partial charge in [-0.3, -0.25) is 9.13 Å². The Morgan fingerprint density at radius 1 is 0.641 bits per heavy atom. The first-order valence-corrected chi connectivity index (χ1v) is 25.1. The summed E-state index contributed by atoms with van der Waals surface area (Å²) in [6, 6.07) is 32.4. The number of nitrogen functional groups attached to an aromatic ring is 2. The zero-order valence-corrected chi connectivity index (χ0v) is 37.8. The van der Waals surface area contributed by atoms with Crippen molar-refractivity contribution in [1.29, 1.82) is 0 Å². The van der Waals surface area contributed by atoms with E-state index in [0.29, 0.717) is 84.3 Å². The number of hydrogen-bond acceptors (Lipinski definition) is 15. The van der Waals surface area contributed by atoms with E-state index in [0.717, 1.165) is 5.56 Å². The molecule has 17 nitrogen and oxygen atoms in total. The fraction of sp³-hybridized carbons (Fsp3) is 0.273. The molecule has 0 fully saturated rings. The Hall–Kier alpha value is -5.93. The van der Waals surface area contributed by atoms with Crippen molar-refractivity contribution in [1.82, 2.24) is 39.0 Å². The molecule has 0 saturated carbocycles.